The van der Waals surface area contributed by atoms with Crippen LogP contribution in [0.25, 0.3) is 0 Å². The highest BCUT2D eigenvalue weighted by Gasteiger charge is 2.06. The molecule has 0 heterocycles. The van der Waals surface area contributed by atoms with Crippen LogP contribution >= 0.6 is 0 Å². The van der Waals surface area contributed by atoms with E-state index in [0.717, 1.165) is 6.07 Å². The number of hydrogen-bond donors (Lipinski definition) is 1. The van der Waals surface area contributed by atoms with Crippen molar-refractivity contribution < 1.29 is 13.5 Å². The second-order valence-electron chi connectivity index (χ2n) is 4.04. The monoisotopic (exact) mass is 274 g/mol. The van der Waals surface area contributed by atoms with E-state index in [9.17, 15) is 8.78 Å². The Hall–Kier alpha value is -2.61. The van der Waals surface area contributed by atoms with E-state index in [1.165, 1.54) is 24.3 Å². The van der Waals surface area contributed by atoms with Crippen LogP contribution in [0, 0.1) is 23.0 Å². The number of benzene rings is 2. The van der Waals surface area contributed by atoms with Crippen molar-refractivity contribution >= 4 is 11.4 Å². The van der Waals surface area contributed by atoms with Crippen molar-refractivity contribution in [2.75, 3.05) is 11.9 Å². The zero-order valence-corrected chi connectivity index (χ0v) is 10.8. The molecule has 0 amide bonds. The summed E-state index contributed by atoms with van der Waals surface area (Å²) in [6.45, 7) is 2.14. The minimum Gasteiger partial charge on any atom is -0.491 e. The largest absolute Gasteiger partial charge is 0.491 e. The summed E-state index contributed by atoms with van der Waals surface area (Å²) in [4.78, 5) is 0. The predicted molar refractivity (Wildman–Crippen MR) is 72.0 cm³/mol. The van der Waals surface area contributed by atoms with Crippen LogP contribution in [0.15, 0.2) is 36.4 Å². The van der Waals surface area contributed by atoms with Gasteiger partial charge in [0, 0.05) is 17.4 Å². The third kappa shape index (κ3) is 3.23. The van der Waals surface area contributed by atoms with Crippen molar-refractivity contribution in [1.29, 1.82) is 5.26 Å². The molecule has 0 aliphatic heterocycles. The first kappa shape index (κ1) is 13.8. The highest BCUT2D eigenvalue weighted by molar-refractivity contribution is 5.62. The zero-order chi connectivity index (χ0) is 14.5. The van der Waals surface area contributed by atoms with E-state index in [-0.39, 0.29) is 11.3 Å². The van der Waals surface area contributed by atoms with Crippen LogP contribution < -0.4 is 10.1 Å². The van der Waals surface area contributed by atoms with Crippen molar-refractivity contribution in [2.24, 2.45) is 0 Å². The molecule has 2 aromatic rings. The van der Waals surface area contributed by atoms with Crippen molar-refractivity contribution in [3.63, 3.8) is 0 Å². The molecule has 0 atom stereocenters. The van der Waals surface area contributed by atoms with Crippen molar-refractivity contribution in [2.45, 2.75) is 6.92 Å². The molecular weight excluding hydrogens is 262 g/mol. The van der Waals surface area contributed by atoms with Crippen LogP contribution in [0.1, 0.15) is 12.5 Å². The average molecular weight is 274 g/mol. The molecule has 5 heteroatoms. The molecule has 20 heavy (non-hydrogen) atoms. The Morgan fingerprint density at radius 1 is 1.15 bits per heavy atom. The fourth-order valence-electron chi connectivity index (χ4n) is 1.74. The van der Waals surface area contributed by atoms with E-state index in [1.54, 1.807) is 13.0 Å². The predicted octanol–water partition coefficient (Wildman–Crippen LogP) is 3.98. The topological polar surface area (TPSA) is 45.0 Å². The average Bonchev–Trinajstić information content (AvgIpc) is 2.41. The Morgan fingerprint density at radius 2 is 1.95 bits per heavy atom. The molecule has 3 nitrogen and oxygen atoms in total. The van der Waals surface area contributed by atoms with Gasteiger partial charge in [-0.1, -0.05) is 0 Å². The molecule has 0 fully saturated rings. The molecule has 0 saturated carbocycles. The summed E-state index contributed by atoms with van der Waals surface area (Å²) in [5.74, 6) is -0.873. The van der Waals surface area contributed by atoms with E-state index in [2.05, 4.69) is 5.32 Å². The summed E-state index contributed by atoms with van der Waals surface area (Å²) < 4.78 is 32.0. The van der Waals surface area contributed by atoms with Gasteiger partial charge in [-0.3, -0.25) is 0 Å². The van der Waals surface area contributed by atoms with Crippen LogP contribution in [0.5, 0.6) is 5.75 Å². The Morgan fingerprint density at radius 3 is 2.60 bits per heavy atom. The molecule has 0 aromatic heterocycles. The second kappa shape index (κ2) is 6.02. The van der Waals surface area contributed by atoms with Gasteiger partial charge in [-0.15, -0.1) is 0 Å². The highest BCUT2D eigenvalue weighted by atomic mass is 19.1. The molecule has 0 aliphatic rings. The number of rotatable bonds is 4. The van der Waals surface area contributed by atoms with Gasteiger partial charge in [-0.25, -0.2) is 8.78 Å². The lowest BCUT2D eigenvalue weighted by atomic mass is 10.2. The third-order valence-electron chi connectivity index (χ3n) is 2.55. The van der Waals surface area contributed by atoms with Gasteiger partial charge in [0.1, 0.15) is 5.82 Å². The van der Waals surface area contributed by atoms with E-state index < -0.39 is 11.6 Å². The lowest BCUT2D eigenvalue weighted by molar-refractivity contribution is 0.321. The summed E-state index contributed by atoms with van der Waals surface area (Å²) in [6.07, 6.45) is 0. The maximum atomic E-state index is 13.7. The van der Waals surface area contributed by atoms with Crippen LogP contribution in [-0.2, 0) is 0 Å². The molecule has 102 valence electrons. The Kier molecular flexibility index (Phi) is 4.16. The van der Waals surface area contributed by atoms with Crippen LogP contribution in [0.3, 0.4) is 0 Å². The molecule has 0 saturated heterocycles. The molecular formula is C15H12F2N2O. The van der Waals surface area contributed by atoms with Crippen molar-refractivity contribution in [3.8, 4) is 11.8 Å². The molecule has 0 radical (unpaired) electrons. The van der Waals surface area contributed by atoms with Gasteiger partial charge in [-0.2, -0.15) is 5.26 Å². The van der Waals surface area contributed by atoms with E-state index in [1.807, 2.05) is 6.07 Å². The van der Waals surface area contributed by atoms with E-state index in [4.69, 9.17) is 10.00 Å². The summed E-state index contributed by atoms with van der Waals surface area (Å²) in [5.41, 5.74) is 1.02. The maximum Gasteiger partial charge on any atom is 0.167 e. The van der Waals surface area contributed by atoms with Crippen molar-refractivity contribution in [3.05, 3.63) is 53.6 Å². The standard InChI is InChI=1S/C15H12F2N2O/c1-2-20-15-4-3-12(8-14(15)17)19-13-6-10(9-18)5-11(16)7-13/h3-8,19H,2H2,1H3. The van der Waals surface area contributed by atoms with Gasteiger partial charge in [0.05, 0.1) is 18.2 Å². The summed E-state index contributed by atoms with van der Waals surface area (Å²) in [6, 6.07) is 10.1. The number of nitrogens with zero attached hydrogens (tertiary/aromatic N) is 1. The van der Waals surface area contributed by atoms with E-state index >= 15 is 0 Å². The molecule has 2 rings (SSSR count). The number of nitriles is 1. The molecule has 1 N–H and O–H groups in total. The fourth-order valence-corrected chi connectivity index (χ4v) is 1.74. The van der Waals surface area contributed by atoms with Crippen LogP contribution in [0.2, 0.25) is 0 Å². The summed E-state index contributed by atoms with van der Waals surface area (Å²) in [7, 11) is 0. The van der Waals surface area contributed by atoms with Gasteiger partial charge < -0.3 is 10.1 Å². The highest BCUT2D eigenvalue weighted by Crippen LogP contribution is 2.24. The van der Waals surface area contributed by atoms with Gasteiger partial charge in [0.25, 0.3) is 0 Å². The minimum absolute atomic E-state index is 0.162. The Bertz CT molecular complexity index is 665. The second-order valence-corrected chi connectivity index (χ2v) is 4.04. The maximum absolute atomic E-state index is 13.7. The molecule has 0 unspecified atom stereocenters. The number of hydrogen-bond acceptors (Lipinski definition) is 3. The van der Waals surface area contributed by atoms with Crippen LogP contribution in [-0.4, -0.2) is 6.61 Å². The SMILES string of the molecule is CCOc1ccc(Nc2cc(F)cc(C#N)c2)cc1F. The van der Waals surface area contributed by atoms with Gasteiger partial charge in [0.2, 0.25) is 0 Å². The van der Waals surface area contributed by atoms with Gasteiger partial charge >= 0.3 is 0 Å². The molecule has 0 spiro atoms. The number of halogens is 2. The van der Waals surface area contributed by atoms with E-state index in [0.29, 0.717) is 18.0 Å². The smallest absolute Gasteiger partial charge is 0.167 e. The Balaban J connectivity index is 2.24. The lowest BCUT2D eigenvalue weighted by Gasteiger charge is -2.09. The zero-order valence-electron chi connectivity index (χ0n) is 10.8. The quantitative estimate of drug-likeness (QED) is 0.917. The molecule has 0 aliphatic carbocycles. The fraction of sp³-hybridized carbons (Fsp3) is 0.133. The van der Waals surface area contributed by atoms with Gasteiger partial charge in [-0.05, 0) is 37.3 Å². The molecule has 0 bridgehead atoms. The Labute approximate surface area is 115 Å². The normalized spacial score (nSPS) is 9.90. The lowest BCUT2D eigenvalue weighted by Crippen LogP contribution is -1.97. The summed E-state index contributed by atoms with van der Waals surface area (Å²) >= 11 is 0. The number of anilines is 2. The summed E-state index contributed by atoms with van der Waals surface area (Å²) in [5, 5.41) is 11.6. The molecule has 2 aromatic carbocycles. The number of ether oxygens (including phenoxy) is 1. The minimum atomic E-state index is -0.530. The first-order chi connectivity index (χ1) is 9.62. The first-order valence-corrected chi connectivity index (χ1v) is 6.02. The van der Waals surface area contributed by atoms with Gasteiger partial charge in [0.15, 0.2) is 11.6 Å². The van der Waals surface area contributed by atoms with Crippen LogP contribution in [0.4, 0.5) is 20.2 Å². The number of nitrogens with one attached hydrogen (secondary N) is 1. The van der Waals surface area contributed by atoms with Crippen molar-refractivity contribution in [1.82, 2.24) is 0 Å². The third-order valence-corrected chi connectivity index (χ3v) is 2.55. The first-order valence-electron chi connectivity index (χ1n) is 6.02.